The lowest BCUT2D eigenvalue weighted by molar-refractivity contribution is -0.116. The van der Waals surface area contributed by atoms with Crippen molar-refractivity contribution in [3.8, 4) is 0 Å². The van der Waals surface area contributed by atoms with Gasteiger partial charge in [0.25, 0.3) is 0 Å². The van der Waals surface area contributed by atoms with Crippen molar-refractivity contribution in [1.29, 1.82) is 0 Å². The number of thioether (sulfide) groups is 1. The van der Waals surface area contributed by atoms with Crippen LogP contribution in [-0.2, 0) is 4.79 Å². The Morgan fingerprint density at radius 1 is 1.48 bits per heavy atom. The maximum Gasteiger partial charge on any atom is 0.249 e. The number of hydrogen-bond acceptors (Lipinski definition) is 4. The molecule has 0 spiro atoms. The van der Waals surface area contributed by atoms with E-state index in [1.54, 1.807) is 18.2 Å². The first-order chi connectivity index (χ1) is 9.56. The molecule has 2 amide bonds. The Hall–Kier alpha value is -1.24. The van der Waals surface area contributed by atoms with Crippen LogP contribution < -0.4 is 16.4 Å². The molecule has 0 saturated carbocycles. The SMILES string of the molecule is Cc1ccc(NC(=O)CC2CSCCN2)cc1C(N)=O.Cl. The summed E-state index contributed by atoms with van der Waals surface area (Å²) >= 11 is 1.86. The van der Waals surface area contributed by atoms with Crippen LogP contribution in [0.15, 0.2) is 18.2 Å². The van der Waals surface area contributed by atoms with Crippen LogP contribution in [0.2, 0.25) is 0 Å². The second-order valence-corrected chi connectivity index (χ2v) is 6.02. The van der Waals surface area contributed by atoms with Gasteiger partial charge in [-0.05, 0) is 24.6 Å². The highest BCUT2D eigenvalue weighted by Crippen LogP contribution is 2.16. The van der Waals surface area contributed by atoms with E-state index < -0.39 is 5.91 Å². The third-order valence-corrected chi connectivity index (χ3v) is 4.35. The van der Waals surface area contributed by atoms with Crippen molar-refractivity contribution in [3.05, 3.63) is 29.3 Å². The molecular weight excluding hydrogens is 310 g/mol. The highest BCUT2D eigenvalue weighted by molar-refractivity contribution is 7.99. The summed E-state index contributed by atoms with van der Waals surface area (Å²) in [5.41, 5.74) is 7.15. The van der Waals surface area contributed by atoms with E-state index in [0.717, 1.165) is 23.6 Å². The molecule has 1 heterocycles. The third-order valence-electron chi connectivity index (χ3n) is 3.22. The van der Waals surface area contributed by atoms with Gasteiger partial charge in [0.1, 0.15) is 0 Å². The molecule has 1 fully saturated rings. The zero-order chi connectivity index (χ0) is 14.5. The number of anilines is 1. The number of aryl methyl sites for hydroxylation is 1. The smallest absolute Gasteiger partial charge is 0.249 e. The summed E-state index contributed by atoms with van der Waals surface area (Å²) < 4.78 is 0. The molecular formula is C14H20ClN3O2S. The lowest BCUT2D eigenvalue weighted by Gasteiger charge is -2.22. The molecule has 116 valence electrons. The molecule has 2 rings (SSSR count). The van der Waals surface area contributed by atoms with Crippen molar-refractivity contribution in [2.75, 3.05) is 23.4 Å². The summed E-state index contributed by atoms with van der Waals surface area (Å²) in [6, 6.07) is 5.40. The number of nitrogens with one attached hydrogen (secondary N) is 2. The fourth-order valence-electron chi connectivity index (χ4n) is 2.15. The van der Waals surface area contributed by atoms with Crippen LogP contribution in [0.5, 0.6) is 0 Å². The largest absolute Gasteiger partial charge is 0.366 e. The molecule has 1 atom stereocenters. The fourth-order valence-corrected chi connectivity index (χ4v) is 3.10. The number of halogens is 1. The Morgan fingerprint density at radius 2 is 2.24 bits per heavy atom. The van der Waals surface area contributed by atoms with Gasteiger partial charge in [-0.25, -0.2) is 0 Å². The van der Waals surface area contributed by atoms with Crippen molar-refractivity contribution in [2.45, 2.75) is 19.4 Å². The Kier molecular flexibility index (Phi) is 7.01. The molecule has 0 bridgehead atoms. The van der Waals surface area contributed by atoms with E-state index >= 15 is 0 Å². The van der Waals surface area contributed by atoms with Crippen LogP contribution in [0.3, 0.4) is 0 Å². The van der Waals surface area contributed by atoms with Crippen molar-refractivity contribution in [3.63, 3.8) is 0 Å². The average Bonchev–Trinajstić information content (AvgIpc) is 2.41. The van der Waals surface area contributed by atoms with Gasteiger partial charge in [-0.3, -0.25) is 9.59 Å². The number of rotatable bonds is 4. The van der Waals surface area contributed by atoms with Crippen molar-refractivity contribution in [2.24, 2.45) is 5.73 Å². The van der Waals surface area contributed by atoms with E-state index in [9.17, 15) is 9.59 Å². The summed E-state index contributed by atoms with van der Waals surface area (Å²) in [6.45, 7) is 2.76. The summed E-state index contributed by atoms with van der Waals surface area (Å²) in [5, 5.41) is 6.13. The minimum Gasteiger partial charge on any atom is -0.366 e. The fraction of sp³-hybridized carbons (Fsp3) is 0.429. The molecule has 1 aromatic carbocycles. The number of carbonyl (C=O) groups is 2. The lowest BCUT2D eigenvalue weighted by atomic mass is 10.1. The highest BCUT2D eigenvalue weighted by atomic mass is 35.5. The van der Waals surface area contributed by atoms with Gasteiger partial charge in [0.2, 0.25) is 11.8 Å². The summed E-state index contributed by atoms with van der Waals surface area (Å²) in [5.74, 6) is 1.51. The molecule has 0 radical (unpaired) electrons. The van der Waals surface area contributed by atoms with E-state index in [-0.39, 0.29) is 24.4 Å². The van der Waals surface area contributed by atoms with Gasteiger partial charge in [0.05, 0.1) is 0 Å². The Labute approximate surface area is 134 Å². The van der Waals surface area contributed by atoms with Crippen LogP contribution in [-0.4, -0.2) is 35.9 Å². The predicted octanol–water partition coefficient (Wildman–Crippen LogP) is 1.55. The first-order valence-corrected chi connectivity index (χ1v) is 7.73. The van der Waals surface area contributed by atoms with Crippen molar-refractivity contribution in [1.82, 2.24) is 5.32 Å². The molecule has 1 saturated heterocycles. The minimum atomic E-state index is -0.482. The van der Waals surface area contributed by atoms with Crippen molar-refractivity contribution >= 4 is 41.7 Å². The van der Waals surface area contributed by atoms with E-state index in [0.29, 0.717) is 17.7 Å². The quantitative estimate of drug-likeness (QED) is 0.782. The molecule has 1 aliphatic heterocycles. The van der Waals surface area contributed by atoms with Gasteiger partial charge in [-0.2, -0.15) is 11.8 Å². The maximum absolute atomic E-state index is 12.0. The zero-order valence-corrected chi connectivity index (χ0v) is 13.5. The molecule has 4 N–H and O–H groups in total. The van der Waals surface area contributed by atoms with Crippen LogP contribution in [0.4, 0.5) is 5.69 Å². The molecule has 7 heteroatoms. The van der Waals surface area contributed by atoms with Gasteiger partial charge in [0, 0.05) is 41.8 Å². The van der Waals surface area contributed by atoms with Gasteiger partial charge < -0.3 is 16.4 Å². The maximum atomic E-state index is 12.0. The molecule has 1 unspecified atom stereocenters. The van der Waals surface area contributed by atoms with Gasteiger partial charge in [-0.15, -0.1) is 12.4 Å². The van der Waals surface area contributed by atoms with Gasteiger partial charge in [0.15, 0.2) is 0 Å². The molecule has 0 aliphatic carbocycles. The van der Waals surface area contributed by atoms with Crippen LogP contribution in [0, 0.1) is 6.92 Å². The molecule has 5 nitrogen and oxygen atoms in total. The van der Waals surface area contributed by atoms with Crippen LogP contribution >= 0.6 is 24.2 Å². The topological polar surface area (TPSA) is 84.2 Å². The standard InChI is InChI=1S/C14H19N3O2S.ClH/c1-9-2-3-10(6-12(9)14(15)19)17-13(18)7-11-8-20-5-4-16-11;/h2-3,6,11,16H,4-5,7-8H2,1H3,(H2,15,19)(H,17,18);1H. The number of amides is 2. The first-order valence-electron chi connectivity index (χ1n) is 6.57. The second-order valence-electron chi connectivity index (χ2n) is 4.87. The van der Waals surface area contributed by atoms with Crippen LogP contribution in [0.1, 0.15) is 22.3 Å². The van der Waals surface area contributed by atoms with E-state index in [1.165, 1.54) is 0 Å². The van der Waals surface area contributed by atoms with E-state index in [1.807, 2.05) is 18.7 Å². The number of primary amides is 1. The minimum absolute atomic E-state index is 0. The predicted molar refractivity (Wildman–Crippen MR) is 89.3 cm³/mol. The zero-order valence-electron chi connectivity index (χ0n) is 11.8. The van der Waals surface area contributed by atoms with E-state index in [2.05, 4.69) is 10.6 Å². The second kappa shape index (κ2) is 8.26. The molecule has 21 heavy (non-hydrogen) atoms. The third kappa shape index (κ3) is 5.22. The van der Waals surface area contributed by atoms with Crippen molar-refractivity contribution < 1.29 is 9.59 Å². The highest BCUT2D eigenvalue weighted by Gasteiger charge is 2.17. The normalized spacial score (nSPS) is 17.7. The van der Waals surface area contributed by atoms with Crippen LogP contribution in [0.25, 0.3) is 0 Å². The molecule has 0 aromatic heterocycles. The monoisotopic (exact) mass is 329 g/mol. The summed E-state index contributed by atoms with van der Waals surface area (Å²) in [7, 11) is 0. The Balaban J connectivity index is 0.00000220. The molecule has 1 aromatic rings. The molecule has 1 aliphatic rings. The van der Waals surface area contributed by atoms with Gasteiger partial charge >= 0.3 is 0 Å². The Morgan fingerprint density at radius 3 is 2.86 bits per heavy atom. The summed E-state index contributed by atoms with van der Waals surface area (Å²) in [6.07, 6.45) is 0.437. The lowest BCUT2D eigenvalue weighted by Crippen LogP contribution is -2.39. The summed E-state index contributed by atoms with van der Waals surface area (Å²) in [4.78, 5) is 23.2. The Bertz CT molecular complexity index is 519. The van der Waals surface area contributed by atoms with E-state index in [4.69, 9.17) is 5.73 Å². The number of nitrogens with two attached hydrogens (primary N) is 1. The number of hydrogen-bond donors (Lipinski definition) is 3. The number of carbonyl (C=O) groups excluding carboxylic acids is 2. The van der Waals surface area contributed by atoms with Gasteiger partial charge in [-0.1, -0.05) is 6.07 Å². The number of benzene rings is 1. The average molecular weight is 330 g/mol. The first kappa shape index (κ1) is 17.8.